The van der Waals surface area contributed by atoms with Crippen molar-refractivity contribution >= 4 is 23.0 Å². The fraction of sp³-hybridized carbons (Fsp3) is 0.611. The van der Waals surface area contributed by atoms with Crippen LogP contribution in [0.5, 0.6) is 0 Å². The SMILES string of the molecule is CC(C)(C)OC(=O)N1CCC(SC(=O)CCc2ccncc2)CC1. The van der Waals surface area contributed by atoms with E-state index < -0.39 is 5.60 Å². The zero-order valence-corrected chi connectivity index (χ0v) is 15.5. The van der Waals surface area contributed by atoms with Crippen LogP contribution in [-0.4, -0.2) is 45.0 Å². The van der Waals surface area contributed by atoms with Crippen LogP contribution < -0.4 is 0 Å². The van der Waals surface area contributed by atoms with Gasteiger partial charge in [-0.2, -0.15) is 0 Å². The number of ether oxygens (including phenoxy) is 1. The summed E-state index contributed by atoms with van der Waals surface area (Å²) >= 11 is 1.43. The number of nitrogens with zero attached hydrogens (tertiary/aromatic N) is 2. The third-order valence-corrected chi connectivity index (χ3v) is 5.03. The molecule has 24 heavy (non-hydrogen) atoms. The number of amides is 1. The van der Waals surface area contributed by atoms with Crippen molar-refractivity contribution in [1.82, 2.24) is 9.88 Å². The van der Waals surface area contributed by atoms with Crippen molar-refractivity contribution in [3.05, 3.63) is 30.1 Å². The second-order valence-electron chi connectivity index (χ2n) is 7.01. The van der Waals surface area contributed by atoms with Gasteiger partial charge < -0.3 is 9.64 Å². The van der Waals surface area contributed by atoms with E-state index >= 15 is 0 Å². The molecule has 0 spiro atoms. The lowest BCUT2D eigenvalue weighted by Crippen LogP contribution is -2.42. The minimum Gasteiger partial charge on any atom is -0.444 e. The summed E-state index contributed by atoms with van der Waals surface area (Å²) in [5.41, 5.74) is 0.671. The molecule has 0 aliphatic carbocycles. The number of piperidine rings is 1. The Morgan fingerprint density at radius 2 is 1.88 bits per heavy atom. The van der Waals surface area contributed by atoms with Crippen molar-refractivity contribution in [3.8, 4) is 0 Å². The van der Waals surface area contributed by atoms with Gasteiger partial charge in [-0.3, -0.25) is 9.78 Å². The predicted octanol–water partition coefficient (Wildman–Crippen LogP) is 3.67. The summed E-state index contributed by atoms with van der Waals surface area (Å²) in [7, 11) is 0. The Kier molecular flexibility index (Phi) is 6.66. The molecule has 2 heterocycles. The van der Waals surface area contributed by atoms with Crippen LogP contribution in [0.4, 0.5) is 4.79 Å². The quantitative estimate of drug-likeness (QED) is 0.829. The van der Waals surface area contributed by atoms with Gasteiger partial charge in [-0.25, -0.2) is 4.79 Å². The van der Waals surface area contributed by atoms with E-state index in [1.165, 1.54) is 11.8 Å². The maximum atomic E-state index is 12.1. The van der Waals surface area contributed by atoms with Crippen LogP contribution >= 0.6 is 11.8 Å². The summed E-state index contributed by atoms with van der Waals surface area (Å²) in [6.07, 6.45) is 6.22. The largest absolute Gasteiger partial charge is 0.444 e. The number of likely N-dealkylation sites (tertiary alicyclic amines) is 1. The number of hydrogen-bond acceptors (Lipinski definition) is 5. The second-order valence-corrected chi connectivity index (χ2v) is 8.37. The average Bonchev–Trinajstić information content (AvgIpc) is 2.53. The maximum absolute atomic E-state index is 12.1. The molecule has 0 bridgehead atoms. The van der Waals surface area contributed by atoms with Gasteiger partial charge in [0.1, 0.15) is 5.60 Å². The molecule has 1 saturated heterocycles. The van der Waals surface area contributed by atoms with Gasteiger partial charge >= 0.3 is 6.09 Å². The van der Waals surface area contributed by atoms with Gasteiger partial charge in [0.25, 0.3) is 0 Å². The van der Waals surface area contributed by atoms with Gasteiger partial charge in [-0.15, -0.1) is 0 Å². The zero-order chi connectivity index (χ0) is 17.6. The van der Waals surface area contributed by atoms with Gasteiger partial charge in [-0.1, -0.05) is 11.8 Å². The molecule has 1 aromatic rings. The van der Waals surface area contributed by atoms with Crippen LogP contribution in [0.3, 0.4) is 0 Å². The number of carbonyl (C=O) groups is 2. The van der Waals surface area contributed by atoms with Gasteiger partial charge in [0.15, 0.2) is 5.12 Å². The number of carbonyl (C=O) groups excluding carboxylic acids is 2. The van der Waals surface area contributed by atoms with E-state index in [1.807, 2.05) is 32.9 Å². The number of pyridine rings is 1. The highest BCUT2D eigenvalue weighted by atomic mass is 32.2. The van der Waals surface area contributed by atoms with Crippen LogP contribution in [0.1, 0.15) is 45.6 Å². The van der Waals surface area contributed by atoms with E-state index in [0.717, 1.165) is 24.8 Å². The van der Waals surface area contributed by atoms with Crippen LogP contribution in [0, 0.1) is 0 Å². The molecule has 0 unspecified atom stereocenters. The van der Waals surface area contributed by atoms with Crippen LogP contribution in [-0.2, 0) is 16.0 Å². The van der Waals surface area contributed by atoms with E-state index in [1.54, 1.807) is 17.3 Å². The van der Waals surface area contributed by atoms with Gasteiger partial charge in [0, 0.05) is 37.2 Å². The lowest BCUT2D eigenvalue weighted by atomic mass is 10.1. The van der Waals surface area contributed by atoms with Crippen LogP contribution in [0.25, 0.3) is 0 Å². The Labute approximate surface area is 148 Å². The fourth-order valence-electron chi connectivity index (χ4n) is 2.52. The molecule has 1 fully saturated rings. The normalized spacial score (nSPS) is 16.0. The number of thioether (sulfide) groups is 1. The number of hydrogen-bond donors (Lipinski definition) is 0. The van der Waals surface area contributed by atoms with E-state index in [9.17, 15) is 9.59 Å². The van der Waals surface area contributed by atoms with E-state index in [0.29, 0.717) is 24.8 Å². The molecule has 1 aliphatic rings. The predicted molar refractivity (Wildman–Crippen MR) is 96.0 cm³/mol. The van der Waals surface area contributed by atoms with Crippen molar-refractivity contribution in [2.24, 2.45) is 0 Å². The Morgan fingerprint density at radius 3 is 2.46 bits per heavy atom. The molecule has 0 radical (unpaired) electrons. The Hall–Kier alpha value is -1.56. The highest BCUT2D eigenvalue weighted by molar-refractivity contribution is 8.14. The molecule has 5 nitrogen and oxygen atoms in total. The van der Waals surface area contributed by atoms with Crippen molar-refractivity contribution < 1.29 is 14.3 Å². The summed E-state index contributed by atoms with van der Waals surface area (Å²) in [6, 6.07) is 3.88. The van der Waals surface area contributed by atoms with Gasteiger partial charge in [-0.05, 0) is 57.7 Å². The molecule has 132 valence electrons. The van der Waals surface area contributed by atoms with Crippen molar-refractivity contribution in [2.45, 2.75) is 57.3 Å². The Balaban J connectivity index is 1.69. The fourth-order valence-corrected chi connectivity index (χ4v) is 3.56. The van der Waals surface area contributed by atoms with Crippen molar-refractivity contribution in [3.63, 3.8) is 0 Å². The van der Waals surface area contributed by atoms with E-state index in [-0.39, 0.29) is 11.2 Å². The monoisotopic (exact) mass is 350 g/mol. The van der Waals surface area contributed by atoms with Crippen molar-refractivity contribution in [2.75, 3.05) is 13.1 Å². The Bertz CT molecular complexity index is 549. The van der Waals surface area contributed by atoms with Crippen LogP contribution in [0.2, 0.25) is 0 Å². The van der Waals surface area contributed by atoms with E-state index in [4.69, 9.17) is 4.74 Å². The molecular weight excluding hydrogens is 324 g/mol. The minimum absolute atomic E-state index is 0.225. The van der Waals surface area contributed by atoms with Gasteiger partial charge in [0.2, 0.25) is 0 Å². The highest BCUT2D eigenvalue weighted by Gasteiger charge is 2.28. The molecule has 0 saturated carbocycles. The smallest absolute Gasteiger partial charge is 0.410 e. The first kappa shape index (κ1) is 18.8. The third-order valence-electron chi connectivity index (χ3n) is 3.76. The summed E-state index contributed by atoms with van der Waals surface area (Å²) in [5.74, 6) is 0. The molecule has 1 aliphatic heterocycles. The standard InChI is InChI=1S/C18H26N2O3S/c1-18(2,3)23-17(22)20-12-8-15(9-13-20)24-16(21)5-4-14-6-10-19-11-7-14/h6-7,10-11,15H,4-5,8-9,12-13H2,1-3H3. The Morgan fingerprint density at radius 1 is 1.25 bits per heavy atom. The van der Waals surface area contributed by atoms with Crippen LogP contribution in [0.15, 0.2) is 24.5 Å². The van der Waals surface area contributed by atoms with Crippen molar-refractivity contribution in [1.29, 1.82) is 0 Å². The molecule has 2 rings (SSSR count). The molecule has 0 atom stereocenters. The number of aryl methyl sites for hydroxylation is 1. The summed E-state index contributed by atoms with van der Waals surface area (Å²) in [4.78, 5) is 29.9. The zero-order valence-electron chi connectivity index (χ0n) is 14.7. The highest BCUT2D eigenvalue weighted by Crippen LogP contribution is 2.26. The molecule has 0 N–H and O–H groups in total. The third kappa shape index (κ3) is 6.51. The molecule has 0 aromatic carbocycles. The first-order chi connectivity index (χ1) is 11.3. The minimum atomic E-state index is -0.467. The summed E-state index contributed by atoms with van der Waals surface area (Å²) in [5, 5.41) is 0.524. The molecule has 6 heteroatoms. The second kappa shape index (κ2) is 8.51. The van der Waals surface area contributed by atoms with E-state index in [2.05, 4.69) is 4.98 Å². The summed E-state index contributed by atoms with van der Waals surface area (Å²) < 4.78 is 5.39. The number of rotatable bonds is 4. The topological polar surface area (TPSA) is 59.5 Å². The van der Waals surface area contributed by atoms with Gasteiger partial charge in [0.05, 0.1) is 0 Å². The number of aromatic nitrogens is 1. The average molecular weight is 350 g/mol. The molecular formula is C18H26N2O3S. The molecule has 1 amide bonds. The summed E-state index contributed by atoms with van der Waals surface area (Å²) in [6.45, 7) is 6.92. The first-order valence-electron chi connectivity index (χ1n) is 8.40. The lowest BCUT2D eigenvalue weighted by molar-refractivity contribution is -0.111. The maximum Gasteiger partial charge on any atom is 0.410 e. The molecule has 1 aromatic heterocycles. The lowest BCUT2D eigenvalue weighted by Gasteiger charge is -2.32. The first-order valence-corrected chi connectivity index (χ1v) is 9.28.